The van der Waals surface area contributed by atoms with E-state index in [4.69, 9.17) is 0 Å². The highest BCUT2D eigenvalue weighted by Gasteiger charge is 2.31. The number of nitrogens with one attached hydrogen (secondary N) is 1. The minimum absolute atomic E-state index is 0.109. The predicted octanol–water partition coefficient (Wildman–Crippen LogP) is 2.50. The molecule has 1 aliphatic rings. The molecule has 1 aliphatic heterocycles. The molecule has 1 fully saturated rings. The summed E-state index contributed by atoms with van der Waals surface area (Å²) in [5, 5.41) is 13.1. The monoisotopic (exact) mass is 283 g/mol. The summed E-state index contributed by atoms with van der Waals surface area (Å²) < 4.78 is 1.13. The normalized spacial score (nSPS) is 25.6. The maximum Gasteiger partial charge on any atom is 0.0616 e. The van der Waals surface area contributed by atoms with Crippen molar-refractivity contribution in [1.82, 2.24) is 5.32 Å². The SMILES string of the molecule is OCC1(Cc2ccccc2Br)CCCCN1. The highest BCUT2D eigenvalue weighted by atomic mass is 79.9. The number of rotatable bonds is 3. The first-order valence-electron chi connectivity index (χ1n) is 5.85. The van der Waals surface area contributed by atoms with Gasteiger partial charge in [0.1, 0.15) is 0 Å². The van der Waals surface area contributed by atoms with E-state index in [1.54, 1.807) is 0 Å². The molecule has 1 saturated heterocycles. The average molecular weight is 284 g/mol. The highest BCUT2D eigenvalue weighted by molar-refractivity contribution is 9.10. The van der Waals surface area contributed by atoms with Crippen molar-refractivity contribution in [2.45, 2.75) is 31.2 Å². The molecule has 88 valence electrons. The molecule has 0 bridgehead atoms. The largest absolute Gasteiger partial charge is 0.394 e. The van der Waals surface area contributed by atoms with E-state index in [1.165, 1.54) is 18.4 Å². The van der Waals surface area contributed by atoms with Gasteiger partial charge >= 0.3 is 0 Å². The lowest BCUT2D eigenvalue weighted by molar-refractivity contribution is 0.131. The predicted molar refractivity (Wildman–Crippen MR) is 69.5 cm³/mol. The first-order valence-corrected chi connectivity index (χ1v) is 6.64. The smallest absolute Gasteiger partial charge is 0.0616 e. The Bertz CT molecular complexity index is 348. The van der Waals surface area contributed by atoms with Gasteiger partial charge in [0.25, 0.3) is 0 Å². The van der Waals surface area contributed by atoms with Crippen LogP contribution >= 0.6 is 15.9 Å². The maximum absolute atomic E-state index is 9.62. The minimum atomic E-state index is -0.109. The topological polar surface area (TPSA) is 32.3 Å². The van der Waals surface area contributed by atoms with E-state index in [2.05, 4.69) is 33.4 Å². The van der Waals surface area contributed by atoms with Crippen LogP contribution < -0.4 is 5.32 Å². The summed E-state index contributed by atoms with van der Waals surface area (Å²) in [6.07, 6.45) is 4.38. The van der Waals surface area contributed by atoms with Crippen LogP contribution in [0, 0.1) is 0 Å². The number of piperidine rings is 1. The Balaban J connectivity index is 2.15. The molecule has 1 aromatic rings. The molecular weight excluding hydrogens is 266 g/mol. The molecule has 0 aromatic heterocycles. The van der Waals surface area contributed by atoms with E-state index < -0.39 is 0 Å². The maximum atomic E-state index is 9.62. The standard InChI is InChI=1S/C13H18BrNO/c14-12-6-2-1-5-11(12)9-13(10-16)7-3-4-8-15-13/h1-2,5-6,15-16H,3-4,7-10H2. The van der Waals surface area contributed by atoms with E-state index in [-0.39, 0.29) is 12.1 Å². The van der Waals surface area contributed by atoms with Crippen LogP contribution in [0.15, 0.2) is 28.7 Å². The zero-order valence-electron chi connectivity index (χ0n) is 9.38. The molecule has 0 saturated carbocycles. The fourth-order valence-electron chi connectivity index (χ4n) is 2.38. The van der Waals surface area contributed by atoms with Crippen LogP contribution in [0.25, 0.3) is 0 Å². The Hall–Kier alpha value is -0.380. The van der Waals surface area contributed by atoms with Gasteiger partial charge in [-0.3, -0.25) is 0 Å². The van der Waals surface area contributed by atoms with Gasteiger partial charge in [-0.15, -0.1) is 0 Å². The minimum Gasteiger partial charge on any atom is -0.394 e. The number of benzene rings is 1. The second-order valence-electron chi connectivity index (χ2n) is 4.59. The summed E-state index contributed by atoms with van der Waals surface area (Å²) in [6, 6.07) is 8.25. The third kappa shape index (κ3) is 2.65. The summed E-state index contributed by atoms with van der Waals surface area (Å²) in [6.45, 7) is 1.24. The molecule has 0 aliphatic carbocycles. The molecule has 0 amide bonds. The van der Waals surface area contributed by atoms with Crippen molar-refractivity contribution < 1.29 is 5.11 Å². The highest BCUT2D eigenvalue weighted by Crippen LogP contribution is 2.27. The zero-order chi connectivity index (χ0) is 11.4. The van der Waals surface area contributed by atoms with E-state index in [0.29, 0.717) is 0 Å². The van der Waals surface area contributed by atoms with Crippen molar-refractivity contribution in [2.24, 2.45) is 0 Å². The van der Waals surface area contributed by atoms with Crippen molar-refractivity contribution in [3.8, 4) is 0 Å². The van der Waals surface area contributed by atoms with Crippen LogP contribution in [0.4, 0.5) is 0 Å². The van der Waals surface area contributed by atoms with E-state index in [9.17, 15) is 5.11 Å². The van der Waals surface area contributed by atoms with Gasteiger partial charge in [0.15, 0.2) is 0 Å². The first kappa shape index (κ1) is 12.1. The molecule has 2 rings (SSSR count). The first-order chi connectivity index (χ1) is 7.76. The Morgan fingerprint density at radius 3 is 2.75 bits per heavy atom. The zero-order valence-corrected chi connectivity index (χ0v) is 11.0. The number of aliphatic hydroxyl groups excluding tert-OH is 1. The lowest BCUT2D eigenvalue weighted by atomic mass is 9.84. The van der Waals surface area contributed by atoms with Gasteiger partial charge in [-0.2, -0.15) is 0 Å². The Kier molecular flexibility index (Phi) is 4.00. The van der Waals surface area contributed by atoms with Crippen LogP contribution in [0.1, 0.15) is 24.8 Å². The number of hydrogen-bond donors (Lipinski definition) is 2. The van der Waals surface area contributed by atoms with E-state index >= 15 is 0 Å². The van der Waals surface area contributed by atoms with Crippen LogP contribution in [0.3, 0.4) is 0 Å². The van der Waals surface area contributed by atoms with Gasteiger partial charge in [-0.1, -0.05) is 40.5 Å². The summed E-state index contributed by atoms with van der Waals surface area (Å²) >= 11 is 3.57. The second-order valence-corrected chi connectivity index (χ2v) is 5.44. The van der Waals surface area contributed by atoms with E-state index in [1.807, 2.05) is 12.1 Å². The van der Waals surface area contributed by atoms with Crippen molar-refractivity contribution in [3.63, 3.8) is 0 Å². The lowest BCUT2D eigenvalue weighted by Crippen LogP contribution is -2.53. The number of halogens is 1. The third-order valence-corrected chi connectivity index (χ3v) is 4.15. The quantitative estimate of drug-likeness (QED) is 0.894. The van der Waals surface area contributed by atoms with Crippen LogP contribution in [-0.2, 0) is 6.42 Å². The van der Waals surface area contributed by atoms with Gasteiger partial charge in [0, 0.05) is 10.0 Å². The van der Waals surface area contributed by atoms with Crippen molar-refractivity contribution in [1.29, 1.82) is 0 Å². The van der Waals surface area contributed by atoms with Gasteiger partial charge in [0.2, 0.25) is 0 Å². The molecule has 1 atom stereocenters. The summed E-state index contributed by atoms with van der Waals surface area (Å²) in [7, 11) is 0. The van der Waals surface area contributed by atoms with Crippen LogP contribution in [-0.4, -0.2) is 23.8 Å². The van der Waals surface area contributed by atoms with Gasteiger partial charge in [-0.05, 0) is 37.4 Å². The van der Waals surface area contributed by atoms with Gasteiger partial charge < -0.3 is 10.4 Å². The van der Waals surface area contributed by atoms with Crippen LogP contribution in [0.5, 0.6) is 0 Å². The Labute approximate surface area is 105 Å². The van der Waals surface area contributed by atoms with Gasteiger partial charge in [0.05, 0.1) is 6.61 Å². The molecule has 0 radical (unpaired) electrons. The Morgan fingerprint density at radius 1 is 1.31 bits per heavy atom. The van der Waals surface area contributed by atoms with Gasteiger partial charge in [-0.25, -0.2) is 0 Å². The molecule has 1 unspecified atom stereocenters. The van der Waals surface area contributed by atoms with Crippen molar-refractivity contribution >= 4 is 15.9 Å². The Morgan fingerprint density at radius 2 is 2.12 bits per heavy atom. The summed E-state index contributed by atoms with van der Waals surface area (Å²) in [5.74, 6) is 0. The molecule has 0 spiro atoms. The molecule has 1 aromatic carbocycles. The number of hydrogen-bond acceptors (Lipinski definition) is 2. The molecule has 1 heterocycles. The van der Waals surface area contributed by atoms with Crippen molar-refractivity contribution in [2.75, 3.05) is 13.2 Å². The molecule has 2 N–H and O–H groups in total. The number of aliphatic hydroxyl groups is 1. The fourth-order valence-corrected chi connectivity index (χ4v) is 2.80. The molecule has 3 heteroatoms. The molecule has 16 heavy (non-hydrogen) atoms. The summed E-state index contributed by atoms with van der Waals surface area (Å²) in [5.41, 5.74) is 1.16. The molecular formula is C13H18BrNO. The van der Waals surface area contributed by atoms with Crippen LogP contribution in [0.2, 0.25) is 0 Å². The molecule has 2 nitrogen and oxygen atoms in total. The van der Waals surface area contributed by atoms with E-state index in [0.717, 1.165) is 23.9 Å². The lowest BCUT2D eigenvalue weighted by Gasteiger charge is -2.37. The second kappa shape index (κ2) is 5.30. The van der Waals surface area contributed by atoms with Crippen molar-refractivity contribution in [3.05, 3.63) is 34.3 Å². The fraction of sp³-hybridized carbons (Fsp3) is 0.538. The summed E-state index contributed by atoms with van der Waals surface area (Å²) in [4.78, 5) is 0. The average Bonchev–Trinajstić information content (AvgIpc) is 2.33. The third-order valence-electron chi connectivity index (χ3n) is 3.37.